The number of hydrogen-bond donors (Lipinski definition) is 1. The Morgan fingerprint density at radius 1 is 1.33 bits per heavy atom. The molecule has 1 unspecified atom stereocenters. The second-order valence-corrected chi connectivity index (χ2v) is 5.32. The van der Waals surface area contributed by atoms with Gasteiger partial charge in [-0.1, -0.05) is 30.7 Å². The third kappa shape index (κ3) is 2.88. The fraction of sp³-hybridized carbons (Fsp3) is 0.357. The molecule has 96 valence electrons. The monoisotopic (exact) mass is 282 g/mol. The van der Waals surface area contributed by atoms with Gasteiger partial charge in [0.15, 0.2) is 0 Å². The lowest BCUT2D eigenvalue weighted by Gasteiger charge is -2.04. The third-order valence-electron chi connectivity index (χ3n) is 2.92. The number of benzene rings is 1. The highest BCUT2D eigenvalue weighted by Crippen LogP contribution is 2.26. The van der Waals surface area contributed by atoms with E-state index < -0.39 is 0 Å². The zero-order valence-electron chi connectivity index (χ0n) is 10.5. The van der Waals surface area contributed by atoms with Crippen molar-refractivity contribution >= 4 is 23.2 Å². The van der Waals surface area contributed by atoms with Crippen LogP contribution in [0.5, 0.6) is 0 Å². The summed E-state index contributed by atoms with van der Waals surface area (Å²) in [6.45, 7) is 4.15. The zero-order valence-corrected chi connectivity index (χ0v) is 12.0. The quantitative estimate of drug-likeness (QED) is 0.825. The van der Waals surface area contributed by atoms with Crippen molar-refractivity contribution in [1.29, 1.82) is 0 Å². The molecule has 0 aliphatic carbocycles. The number of H-pyrrole nitrogens is 1. The van der Waals surface area contributed by atoms with Gasteiger partial charge in [-0.25, -0.2) is 4.98 Å². The standard InChI is InChI=1S/C14H16Cl2N2/c1-9(8-15)7-13-10(2)17-14(18-13)11-5-3-4-6-12(11)16/h3-6,9H,7-8H2,1-2H3,(H,17,18). The number of alkyl halides is 1. The summed E-state index contributed by atoms with van der Waals surface area (Å²) in [7, 11) is 0. The molecule has 0 amide bonds. The highest BCUT2D eigenvalue weighted by Gasteiger charge is 2.12. The molecule has 1 aromatic carbocycles. The Labute approximate surface area is 117 Å². The lowest BCUT2D eigenvalue weighted by atomic mass is 10.1. The van der Waals surface area contributed by atoms with Gasteiger partial charge in [0.2, 0.25) is 0 Å². The van der Waals surface area contributed by atoms with Gasteiger partial charge in [-0.05, 0) is 31.4 Å². The summed E-state index contributed by atoms with van der Waals surface area (Å²) in [5.41, 5.74) is 3.09. The number of nitrogens with zero attached hydrogens (tertiary/aromatic N) is 1. The van der Waals surface area contributed by atoms with E-state index >= 15 is 0 Å². The van der Waals surface area contributed by atoms with Gasteiger partial charge >= 0.3 is 0 Å². The van der Waals surface area contributed by atoms with Crippen LogP contribution in [0.2, 0.25) is 5.02 Å². The van der Waals surface area contributed by atoms with E-state index in [1.807, 2.05) is 31.2 Å². The first-order valence-corrected chi connectivity index (χ1v) is 6.89. The number of aryl methyl sites for hydroxylation is 1. The van der Waals surface area contributed by atoms with Gasteiger partial charge in [-0.2, -0.15) is 0 Å². The van der Waals surface area contributed by atoms with E-state index in [0.717, 1.165) is 29.2 Å². The van der Waals surface area contributed by atoms with E-state index in [-0.39, 0.29) is 0 Å². The van der Waals surface area contributed by atoms with Crippen molar-refractivity contribution in [3.8, 4) is 11.4 Å². The van der Waals surface area contributed by atoms with Gasteiger partial charge in [0.25, 0.3) is 0 Å². The van der Waals surface area contributed by atoms with Gasteiger partial charge in [-0.15, -0.1) is 11.6 Å². The minimum Gasteiger partial charge on any atom is -0.342 e. The molecule has 0 aliphatic heterocycles. The molecule has 18 heavy (non-hydrogen) atoms. The van der Waals surface area contributed by atoms with Crippen molar-refractivity contribution < 1.29 is 0 Å². The number of imidazole rings is 1. The fourth-order valence-corrected chi connectivity index (χ4v) is 2.20. The van der Waals surface area contributed by atoms with Crippen LogP contribution >= 0.6 is 23.2 Å². The van der Waals surface area contributed by atoms with E-state index in [1.165, 1.54) is 0 Å². The minimum atomic E-state index is 0.424. The van der Waals surface area contributed by atoms with Crippen molar-refractivity contribution in [3.63, 3.8) is 0 Å². The molecule has 1 heterocycles. The van der Waals surface area contributed by atoms with Gasteiger partial charge in [-0.3, -0.25) is 0 Å². The summed E-state index contributed by atoms with van der Waals surface area (Å²) < 4.78 is 0. The molecule has 1 aromatic heterocycles. The predicted molar refractivity (Wildman–Crippen MR) is 77.4 cm³/mol. The summed E-state index contributed by atoms with van der Waals surface area (Å²) in [5.74, 6) is 1.90. The molecule has 4 heteroatoms. The molecule has 2 aromatic rings. The summed E-state index contributed by atoms with van der Waals surface area (Å²) >= 11 is 12.0. The summed E-state index contributed by atoms with van der Waals surface area (Å²) in [6.07, 6.45) is 0.885. The number of aromatic amines is 1. The third-order valence-corrected chi connectivity index (χ3v) is 3.78. The first-order chi connectivity index (χ1) is 8.61. The molecular weight excluding hydrogens is 267 g/mol. The van der Waals surface area contributed by atoms with Crippen LogP contribution in [-0.4, -0.2) is 15.8 Å². The molecule has 1 atom stereocenters. The molecule has 0 saturated carbocycles. The predicted octanol–water partition coefficient (Wildman–Crippen LogP) is 4.46. The van der Waals surface area contributed by atoms with Gasteiger partial charge in [0, 0.05) is 17.1 Å². The molecule has 0 bridgehead atoms. The topological polar surface area (TPSA) is 28.7 Å². The van der Waals surface area contributed by atoms with Crippen molar-refractivity contribution in [2.24, 2.45) is 5.92 Å². The first kappa shape index (κ1) is 13.4. The highest BCUT2D eigenvalue weighted by atomic mass is 35.5. The maximum atomic E-state index is 6.17. The van der Waals surface area contributed by atoms with Crippen LogP contribution in [0, 0.1) is 12.8 Å². The summed E-state index contributed by atoms with van der Waals surface area (Å²) in [5, 5.41) is 0.711. The van der Waals surface area contributed by atoms with E-state index in [0.29, 0.717) is 16.8 Å². The second kappa shape index (κ2) is 5.77. The number of hydrogen-bond acceptors (Lipinski definition) is 1. The number of rotatable bonds is 4. The summed E-state index contributed by atoms with van der Waals surface area (Å²) in [4.78, 5) is 7.92. The van der Waals surface area contributed by atoms with Crippen LogP contribution in [0.3, 0.4) is 0 Å². The second-order valence-electron chi connectivity index (χ2n) is 4.60. The van der Waals surface area contributed by atoms with Crippen LogP contribution in [0.1, 0.15) is 18.3 Å². The van der Waals surface area contributed by atoms with Gasteiger partial charge in [0.05, 0.1) is 10.7 Å². The highest BCUT2D eigenvalue weighted by molar-refractivity contribution is 6.33. The van der Waals surface area contributed by atoms with E-state index in [2.05, 4.69) is 16.9 Å². The molecule has 1 N–H and O–H groups in total. The van der Waals surface area contributed by atoms with Crippen LogP contribution in [0.4, 0.5) is 0 Å². The zero-order chi connectivity index (χ0) is 13.1. The maximum Gasteiger partial charge on any atom is 0.139 e. The normalized spacial score (nSPS) is 12.7. The number of nitrogens with one attached hydrogen (secondary N) is 1. The fourth-order valence-electron chi connectivity index (χ4n) is 1.86. The molecule has 2 rings (SSSR count). The van der Waals surface area contributed by atoms with Crippen LogP contribution < -0.4 is 0 Å². The largest absolute Gasteiger partial charge is 0.342 e. The number of halogens is 2. The smallest absolute Gasteiger partial charge is 0.139 e. The van der Waals surface area contributed by atoms with E-state index in [1.54, 1.807) is 0 Å². The molecular formula is C14H16Cl2N2. The van der Waals surface area contributed by atoms with Crippen LogP contribution in [0.25, 0.3) is 11.4 Å². The van der Waals surface area contributed by atoms with Crippen LogP contribution in [0.15, 0.2) is 24.3 Å². The average Bonchev–Trinajstić information content (AvgIpc) is 2.71. The minimum absolute atomic E-state index is 0.424. The molecule has 0 radical (unpaired) electrons. The lowest BCUT2D eigenvalue weighted by Crippen LogP contribution is -2.02. The Morgan fingerprint density at radius 2 is 2.06 bits per heavy atom. The number of aromatic nitrogens is 2. The first-order valence-electron chi connectivity index (χ1n) is 5.98. The Bertz CT molecular complexity index is 534. The Kier molecular flexibility index (Phi) is 4.31. The Balaban J connectivity index is 2.32. The van der Waals surface area contributed by atoms with Gasteiger partial charge < -0.3 is 4.98 Å². The van der Waals surface area contributed by atoms with E-state index in [4.69, 9.17) is 23.2 Å². The summed E-state index contributed by atoms with van der Waals surface area (Å²) in [6, 6.07) is 7.71. The molecule has 0 spiro atoms. The Morgan fingerprint density at radius 3 is 2.72 bits per heavy atom. The maximum absolute atomic E-state index is 6.17. The van der Waals surface area contributed by atoms with Crippen molar-refractivity contribution in [1.82, 2.24) is 9.97 Å². The molecule has 0 saturated heterocycles. The Hall–Kier alpha value is -0.990. The van der Waals surface area contributed by atoms with Crippen molar-refractivity contribution in [2.45, 2.75) is 20.3 Å². The van der Waals surface area contributed by atoms with Crippen LogP contribution in [-0.2, 0) is 6.42 Å². The SMILES string of the molecule is Cc1[nH]c(-c2ccccc2Cl)nc1CC(C)CCl. The molecule has 0 aliphatic rings. The van der Waals surface area contributed by atoms with Gasteiger partial charge in [0.1, 0.15) is 5.82 Å². The average molecular weight is 283 g/mol. The molecule has 0 fully saturated rings. The van der Waals surface area contributed by atoms with E-state index in [9.17, 15) is 0 Å². The van der Waals surface area contributed by atoms with Crippen molar-refractivity contribution in [3.05, 3.63) is 40.7 Å². The molecule has 2 nitrogen and oxygen atoms in total. The van der Waals surface area contributed by atoms with Crippen molar-refractivity contribution in [2.75, 3.05) is 5.88 Å². The lowest BCUT2D eigenvalue weighted by molar-refractivity contribution is 0.642.